The van der Waals surface area contributed by atoms with Crippen LogP contribution in [0, 0.1) is 0 Å². The van der Waals surface area contributed by atoms with Crippen molar-refractivity contribution in [2.75, 3.05) is 7.05 Å². The van der Waals surface area contributed by atoms with Crippen LogP contribution in [0.15, 0.2) is 47.4 Å². The van der Waals surface area contributed by atoms with Crippen molar-refractivity contribution in [3.8, 4) is 5.69 Å². The maximum atomic E-state index is 12.6. The van der Waals surface area contributed by atoms with Gasteiger partial charge in [-0.05, 0) is 64.1 Å². The molecule has 0 amide bonds. The molecule has 170 valence electrons. The molecule has 0 unspecified atom stereocenters. The number of aryl methyl sites for hydroxylation is 1. The lowest BCUT2D eigenvalue weighted by molar-refractivity contribution is -0.156. The van der Waals surface area contributed by atoms with Gasteiger partial charge in [0.1, 0.15) is 11.6 Å². The van der Waals surface area contributed by atoms with Gasteiger partial charge in [0.05, 0.1) is 11.2 Å². The van der Waals surface area contributed by atoms with Crippen molar-refractivity contribution in [2.45, 2.75) is 52.7 Å². The van der Waals surface area contributed by atoms with E-state index < -0.39 is 17.6 Å². The molecule has 0 saturated heterocycles. The first-order valence-electron chi connectivity index (χ1n) is 10.4. The number of ether oxygens (including phenoxy) is 1. The number of esters is 1. The molecule has 2 aromatic heterocycles. The van der Waals surface area contributed by atoms with Crippen LogP contribution in [0.1, 0.15) is 40.2 Å². The van der Waals surface area contributed by atoms with E-state index in [-0.39, 0.29) is 5.69 Å². The van der Waals surface area contributed by atoms with Crippen molar-refractivity contribution in [2.24, 2.45) is 18.5 Å². The lowest BCUT2D eigenvalue weighted by Gasteiger charge is -2.22. The number of pyridine rings is 1. The second-order valence-corrected chi connectivity index (χ2v) is 7.53. The summed E-state index contributed by atoms with van der Waals surface area (Å²) in [4.78, 5) is 28.9. The molecule has 31 heavy (non-hydrogen) atoms. The normalized spacial score (nSPS) is 11.6. The Morgan fingerprint density at radius 3 is 2.26 bits per heavy atom. The smallest absolute Gasteiger partial charge is 0.334 e. The summed E-state index contributed by atoms with van der Waals surface area (Å²) in [6.07, 6.45) is 2.02. The fraction of sp³-hybridized carbons (Fsp3) is 0.435. The van der Waals surface area contributed by atoms with Crippen LogP contribution in [0.25, 0.3) is 16.9 Å². The maximum Gasteiger partial charge on any atom is 0.334 e. The maximum absolute atomic E-state index is 12.6. The van der Waals surface area contributed by atoms with Gasteiger partial charge in [0.25, 0.3) is 0 Å². The van der Waals surface area contributed by atoms with Gasteiger partial charge >= 0.3 is 11.7 Å². The largest absolute Gasteiger partial charge is 0.459 e. The first kappa shape index (κ1) is 26.1. The number of nitrogens with two attached hydrogens (primary N) is 2. The third kappa shape index (κ3) is 6.50. The van der Waals surface area contributed by atoms with Crippen molar-refractivity contribution < 1.29 is 9.53 Å². The number of benzene rings is 1. The molecule has 2 heterocycles. The number of carbonyl (C=O) groups is 1. The average molecular weight is 430 g/mol. The van der Waals surface area contributed by atoms with Crippen LogP contribution < -0.4 is 17.2 Å². The molecule has 0 spiro atoms. The molecule has 0 aliphatic rings. The summed E-state index contributed by atoms with van der Waals surface area (Å²) in [5.74, 6) is -0.430. The zero-order valence-corrected chi connectivity index (χ0v) is 19.5. The van der Waals surface area contributed by atoms with E-state index in [0.717, 1.165) is 11.1 Å². The minimum atomic E-state index is -0.739. The van der Waals surface area contributed by atoms with E-state index >= 15 is 0 Å². The van der Waals surface area contributed by atoms with Gasteiger partial charge in [-0.25, -0.2) is 14.3 Å². The monoisotopic (exact) mass is 429 g/mol. The van der Waals surface area contributed by atoms with Gasteiger partial charge in [0, 0.05) is 13.2 Å². The SMILES string of the molecule is CC.CN.Cn1c(=O)n(-c2ccc(C[C@H](N)C(=O)OC(C)(C)C)cc2)c2ncccc21. The number of fused-ring (bicyclic) bond motifs is 1. The summed E-state index contributed by atoms with van der Waals surface area (Å²) in [7, 11) is 3.22. The van der Waals surface area contributed by atoms with E-state index in [1.165, 1.54) is 7.05 Å². The van der Waals surface area contributed by atoms with Crippen molar-refractivity contribution in [3.05, 3.63) is 58.6 Å². The average Bonchev–Trinajstić information content (AvgIpc) is 3.01. The number of aromatic nitrogens is 3. The minimum absolute atomic E-state index is 0.165. The van der Waals surface area contributed by atoms with Gasteiger partial charge in [-0.1, -0.05) is 26.0 Å². The van der Waals surface area contributed by atoms with Crippen LogP contribution in [-0.2, 0) is 23.0 Å². The molecule has 4 N–H and O–H groups in total. The summed E-state index contributed by atoms with van der Waals surface area (Å²) >= 11 is 0. The fourth-order valence-electron chi connectivity index (χ4n) is 2.89. The number of hydrogen-bond donors (Lipinski definition) is 2. The quantitative estimate of drug-likeness (QED) is 0.615. The minimum Gasteiger partial charge on any atom is -0.459 e. The van der Waals surface area contributed by atoms with Crippen LogP contribution in [-0.4, -0.2) is 38.8 Å². The van der Waals surface area contributed by atoms with Gasteiger partial charge < -0.3 is 16.2 Å². The van der Waals surface area contributed by atoms with Gasteiger partial charge in [-0.2, -0.15) is 0 Å². The molecule has 0 bridgehead atoms. The zero-order chi connectivity index (χ0) is 23.8. The lowest BCUT2D eigenvalue weighted by Crippen LogP contribution is -2.38. The lowest BCUT2D eigenvalue weighted by atomic mass is 10.1. The third-order valence-electron chi connectivity index (χ3n) is 4.18. The number of rotatable bonds is 4. The predicted molar refractivity (Wildman–Crippen MR) is 125 cm³/mol. The van der Waals surface area contributed by atoms with Crippen molar-refractivity contribution in [1.82, 2.24) is 14.1 Å². The van der Waals surface area contributed by atoms with E-state index in [1.807, 2.05) is 65.0 Å². The molecule has 3 rings (SSSR count). The van der Waals surface area contributed by atoms with Crippen LogP contribution in [0.3, 0.4) is 0 Å². The zero-order valence-electron chi connectivity index (χ0n) is 19.5. The summed E-state index contributed by atoms with van der Waals surface area (Å²) in [6.45, 7) is 9.42. The Balaban J connectivity index is 0.00000113. The van der Waals surface area contributed by atoms with E-state index in [2.05, 4.69) is 10.7 Å². The third-order valence-corrected chi connectivity index (χ3v) is 4.18. The highest BCUT2D eigenvalue weighted by Crippen LogP contribution is 2.16. The van der Waals surface area contributed by atoms with Gasteiger partial charge in [0.15, 0.2) is 5.65 Å². The van der Waals surface area contributed by atoms with Gasteiger partial charge in [-0.15, -0.1) is 0 Å². The number of carbonyl (C=O) groups excluding carboxylic acids is 1. The summed E-state index contributed by atoms with van der Waals surface area (Å²) in [5, 5.41) is 0. The fourth-order valence-corrected chi connectivity index (χ4v) is 2.89. The van der Waals surface area contributed by atoms with E-state index in [4.69, 9.17) is 10.5 Å². The Hall–Kier alpha value is -2.97. The molecular formula is C23H35N5O3. The van der Waals surface area contributed by atoms with E-state index in [9.17, 15) is 9.59 Å². The topological polar surface area (TPSA) is 118 Å². The first-order valence-corrected chi connectivity index (χ1v) is 10.4. The summed E-state index contributed by atoms with van der Waals surface area (Å²) < 4.78 is 8.44. The Kier molecular flexibility index (Phi) is 9.61. The van der Waals surface area contributed by atoms with Gasteiger partial charge in [-0.3, -0.25) is 9.36 Å². The molecule has 3 aromatic rings. The number of nitrogens with zero attached hydrogens (tertiary/aromatic N) is 3. The second-order valence-electron chi connectivity index (χ2n) is 7.53. The molecule has 8 nitrogen and oxygen atoms in total. The molecule has 1 atom stereocenters. The van der Waals surface area contributed by atoms with Crippen molar-refractivity contribution >= 4 is 17.1 Å². The standard InChI is InChI=1S/C20H24N4O3.C2H6.CH5N/c1-20(2,3)27-18(25)15(21)12-13-7-9-14(10-8-13)24-17-16(6-5-11-22-17)23(4)19(24)26;2*1-2/h5-11,15H,12,21H2,1-4H3;1-2H3;2H2,1H3/t15-;;/m0../s1. The molecule has 0 saturated carbocycles. The molecule has 0 fully saturated rings. The highest BCUT2D eigenvalue weighted by atomic mass is 16.6. The molecule has 0 aliphatic carbocycles. The van der Waals surface area contributed by atoms with Crippen LogP contribution >= 0.6 is 0 Å². The van der Waals surface area contributed by atoms with Crippen LogP contribution in [0.4, 0.5) is 0 Å². The first-order chi connectivity index (χ1) is 14.7. The van der Waals surface area contributed by atoms with Crippen LogP contribution in [0.2, 0.25) is 0 Å². The Morgan fingerprint density at radius 2 is 1.71 bits per heavy atom. The predicted octanol–water partition coefficient (Wildman–Crippen LogP) is 2.54. The Bertz CT molecular complexity index is 1030. The van der Waals surface area contributed by atoms with E-state index in [0.29, 0.717) is 17.8 Å². The van der Waals surface area contributed by atoms with Crippen molar-refractivity contribution in [3.63, 3.8) is 0 Å². The highest BCUT2D eigenvalue weighted by Gasteiger charge is 2.22. The van der Waals surface area contributed by atoms with Crippen LogP contribution in [0.5, 0.6) is 0 Å². The molecule has 0 radical (unpaired) electrons. The van der Waals surface area contributed by atoms with Gasteiger partial charge in [0.2, 0.25) is 0 Å². The number of hydrogen-bond acceptors (Lipinski definition) is 6. The Labute approximate surface area is 183 Å². The highest BCUT2D eigenvalue weighted by molar-refractivity contribution is 5.76. The second kappa shape index (κ2) is 11.4. The molecular weight excluding hydrogens is 394 g/mol. The Morgan fingerprint density at radius 1 is 1.13 bits per heavy atom. The van der Waals surface area contributed by atoms with Crippen molar-refractivity contribution in [1.29, 1.82) is 0 Å². The molecule has 8 heteroatoms. The molecule has 0 aliphatic heterocycles. The van der Waals surface area contributed by atoms with E-state index in [1.54, 1.807) is 28.4 Å². The molecule has 1 aromatic carbocycles. The number of imidazole rings is 1. The summed E-state index contributed by atoms with van der Waals surface area (Å²) in [6, 6.07) is 10.3. The summed E-state index contributed by atoms with van der Waals surface area (Å²) in [5.41, 5.74) is 12.7.